The van der Waals surface area contributed by atoms with E-state index in [9.17, 15) is 48.2 Å². The SMILES string of the molecule is OCC1O[C@@H](S[C@@H]2O[C@H](CO)C(O)C(n3cc(-c4ccc(F)cn4)nn3)[C@H]2O)C(O)[C@@H](n2cc(-c3cc(F)c(F)c(F)c3)nn2)[C@H]1O. The maximum atomic E-state index is 13.8. The second-order valence-corrected chi connectivity index (χ2v) is 12.0. The van der Waals surface area contributed by atoms with Gasteiger partial charge in [0.25, 0.3) is 0 Å². The molecule has 15 nitrogen and oxygen atoms in total. The molecule has 1 aromatic carbocycles. The van der Waals surface area contributed by atoms with Crippen molar-refractivity contribution < 1.29 is 57.7 Å². The molecule has 0 spiro atoms. The smallest absolute Gasteiger partial charge is 0.194 e. The second-order valence-electron chi connectivity index (χ2n) is 10.8. The summed E-state index contributed by atoms with van der Waals surface area (Å²) in [6, 6.07) is 1.27. The lowest BCUT2D eigenvalue weighted by molar-refractivity contribution is -0.189. The van der Waals surface area contributed by atoms with Crippen molar-refractivity contribution in [3.8, 4) is 22.6 Å². The molecule has 2 fully saturated rings. The van der Waals surface area contributed by atoms with Crippen LogP contribution >= 0.6 is 11.8 Å². The zero-order chi connectivity index (χ0) is 33.6. The van der Waals surface area contributed by atoms with Gasteiger partial charge in [0.1, 0.15) is 76.8 Å². The van der Waals surface area contributed by atoms with Crippen LogP contribution in [0.4, 0.5) is 17.6 Å². The Labute approximate surface area is 266 Å². The van der Waals surface area contributed by atoms with Crippen LogP contribution < -0.4 is 0 Å². The van der Waals surface area contributed by atoms with E-state index < -0.39 is 96.1 Å². The summed E-state index contributed by atoms with van der Waals surface area (Å²) in [5.41, 5.74) is -2.54. The third-order valence-electron chi connectivity index (χ3n) is 7.87. The molecule has 0 bridgehead atoms. The summed E-state index contributed by atoms with van der Waals surface area (Å²) in [4.78, 5) is 3.93. The number of rotatable bonds is 8. The van der Waals surface area contributed by atoms with Crippen LogP contribution in [0.1, 0.15) is 12.1 Å². The molecule has 0 radical (unpaired) electrons. The summed E-state index contributed by atoms with van der Waals surface area (Å²) in [5.74, 6) is -5.19. The Bertz CT molecular complexity index is 1680. The molecule has 2 aliphatic heterocycles. The van der Waals surface area contributed by atoms with E-state index in [1.54, 1.807) is 0 Å². The molecule has 4 unspecified atom stereocenters. The molecule has 0 saturated carbocycles. The van der Waals surface area contributed by atoms with Gasteiger partial charge in [-0.05, 0) is 24.3 Å². The molecule has 4 aromatic rings. The van der Waals surface area contributed by atoms with Gasteiger partial charge in [-0.15, -0.1) is 10.2 Å². The highest BCUT2D eigenvalue weighted by molar-refractivity contribution is 8.00. The molecule has 6 rings (SSSR count). The number of aromatic nitrogens is 7. The Kier molecular flexibility index (Phi) is 9.56. The lowest BCUT2D eigenvalue weighted by Gasteiger charge is -2.46. The molecular weight excluding hydrogens is 658 g/mol. The topological polar surface area (TPSA) is 214 Å². The van der Waals surface area contributed by atoms with Gasteiger partial charge >= 0.3 is 0 Å². The van der Waals surface area contributed by atoms with E-state index in [0.29, 0.717) is 23.9 Å². The van der Waals surface area contributed by atoms with Crippen molar-refractivity contribution in [2.45, 2.75) is 59.6 Å². The number of hydrogen-bond donors (Lipinski definition) is 6. The fourth-order valence-corrected chi connectivity index (χ4v) is 6.77. The van der Waals surface area contributed by atoms with Gasteiger partial charge in [0.15, 0.2) is 17.5 Å². The molecule has 10 atom stereocenters. The molecule has 5 heterocycles. The van der Waals surface area contributed by atoms with Crippen LogP contribution in [0, 0.1) is 23.3 Å². The van der Waals surface area contributed by atoms with Gasteiger partial charge < -0.3 is 40.1 Å². The van der Waals surface area contributed by atoms with Gasteiger partial charge in [0.2, 0.25) is 0 Å². The normalized spacial score (nSPS) is 31.3. The Morgan fingerprint density at radius 2 is 1.21 bits per heavy atom. The van der Waals surface area contributed by atoms with Crippen LogP contribution in [0.15, 0.2) is 42.9 Å². The molecule has 252 valence electrons. The number of thioether (sulfide) groups is 1. The maximum absolute atomic E-state index is 13.8. The predicted molar refractivity (Wildman–Crippen MR) is 150 cm³/mol. The Hall–Kier alpha value is -3.60. The number of nitrogens with zero attached hydrogens (tertiary/aromatic N) is 7. The van der Waals surface area contributed by atoms with Crippen LogP contribution in [0.5, 0.6) is 0 Å². The van der Waals surface area contributed by atoms with E-state index in [1.165, 1.54) is 12.3 Å². The number of aliphatic hydroxyl groups is 6. The van der Waals surface area contributed by atoms with Gasteiger partial charge in [-0.1, -0.05) is 22.2 Å². The first-order chi connectivity index (χ1) is 22.5. The number of benzene rings is 1. The summed E-state index contributed by atoms with van der Waals surface area (Å²) < 4.78 is 68.1. The van der Waals surface area contributed by atoms with Gasteiger partial charge in [0, 0.05) is 5.56 Å². The predicted octanol–water partition coefficient (Wildman–Crippen LogP) is -0.451. The first kappa shape index (κ1) is 33.3. The maximum Gasteiger partial charge on any atom is 0.194 e. The molecule has 6 N–H and O–H groups in total. The average Bonchev–Trinajstić information content (AvgIpc) is 3.74. The summed E-state index contributed by atoms with van der Waals surface area (Å²) >= 11 is 0.704. The molecular formula is C27H27F4N7O8S. The molecule has 2 saturated heterocycles. The van der Waals surface area contributed by atoms with E-state index >= 15 is 0 Å². The van der Waals surface area contributed by atoms with Gasteiger partial charge in [0.05, 0.1) is 37.5 Å². The zero-order valence-electron chi connectivity index (χ0n) is 23.8. The number of hydrogen-bond acceptors (Lipinski definition) is 14. The van der Waals surface area contributed by atoms with Gasteiger partial charge in [-0.2, -0.15) is 0 Å². The molecule has 3 aromatic heterocycles. The minimum atomic E-state index is -1.68. The molecule has 0 aliphatic carbocycles. The van der Waals surface area contributed by atoms with Crippen LogP contribution in [-0.2, 0) is 9.47 Å². The van der Waals surface area contributed by atoms with E-state index in [1.807, 2.05) is 0 Å². The Balaban J connectivity index is 1.25. The molecule has 20 heteroatoms. The van der Waals surface area contributed by atoms with Crippen molar-refractivity contribution >= 4 is 11.8 Å². The van der Waals surface area contributed by atoms with Crippen molar-refractivity contribution in [2.75, 3.05) is 13.2 Å². The highest BCUT2D eigenvalue weighted by Crippen LogP contribution is 2.42. The Morgan fingerprint density at radius 3 is 1.70 bits per heavy atom. The van der Waals surface area contributed by atoms with Crippen LogP contribution in [-0.4, -0.2) is 126 Å². The lowest BCUT2D eigenvalue weighted by atomic mass is 9.97. The van der Waals surface area contributed by atoms with Crippen LogP contribution in [0.2, 0.25) is 0 Å². The number of aliphatic hydroxyl groups excluding tert-OH is 6. The summed E-state index contributed by atoms with van der Waals surface area (Å²) in [6.45, 7) is -1.42. The summed E-state index contributed by atoms with van der Waals surface area (Å²) in [6.07, 6.45) is -5.43. The summed E-state index contributed by atoms with van der Waals surface area (Å²) in [5, 5.41) is 80.1. The largest absolute Gasteiger partial charge is 0.394 e. The monoisotopic (exact) mass is 685 g/mol. The van der Waals surface area contributed by atoms with Crippen molar-refractivity contribution in [2.24, 2.45) is 0 Å². The fraction of sp³-hybridized carbons (Fsp3) is 0.444. The van der Waals surface area contributed by atoms with E-state index in [2.05, 4.69) is 25.6 Å². The van der Waals surface area contributed by atoms with Crippen LogP contribution in [0.3, 0.4) is 0 Å². The third-order valence-corrected chi connectivity index (χ3v) is 9.18. The number of halogens is 4. The zero-order valence-corrected chi connectivity index (χ0v) is 24.6. The number of ether oxygens (including phenoxy) is 2. The minimum absolute atomic E-state index is 0.130. The molecule has 47 heavy (non-hydrogen) atoms. The van der Waals surface area contributed by atoms with Crippen LogP contribution in [0.25, 0.3) is 22.6 Å². The van der Waals surface area contributed by atoms with Crippen molar-refractivity contribution in [1.82, 2.24) is 35.0 Å². The van der Waals surface area contributed by atoms with E-state index in [-0.39, 0.29) is 22.6 Å². The fourth-order valence-electron chi connectivity index (χ4n) is 5.44. The van der Waals surface area contributed by atoms with Gasteiger partial charge in [-0.25, -0.2) is 26.9 Å². The Morgan fingerprint density at radius 1 is 0.702 bits per heavy atom. The standard InChI is InChI=1S/C27H27F4N7O8S/c28-11-1-2-14(32-5-11)16-7-38(36-34-16)21-23(42)18(9-40)46-27(25(21)44)47-26-24(43)20(22(41)17(8-39)45-26)37-6-15(33-35-37)10-3-12(29)19(31)13(30)4-10/h1-7,17-18,20-27,39-44H,8-9H2/t17?,18-,20+,21?,22+,23?,24?,25-,26+,27+/m1/s1. The van der Waals surface area contributed by atoms with Crippen molar-refractivity contribution in [3.05, 3.63) is 66.1 Å². The summed E-state index contributed by atoms with van der Waals surface area (Å²) in [7, 11) is 0. The first-order valence-electron chi connectivity index (χ1n) is 14.0. The van der Waals surface area contributed by atoms with Crippen molar-refractivity contribution in [1.29, 1.82) is 0 Å². The molecule has 2 aliphatic rings. The second kappa shape index (κ2) is 13.5. The molecule has 0 amide bonds. The quantitative estimate of drug-likeness (QED) is 0.102. The number of pyridine rings is 1. The van der Waals surface area contributed by atoms with E-state index in [0.717, 1.165) is 27.8 Å². The first-order valence-corrected chi connectivity index (χ1v) is 15.0. The minimum Gasteiger partial charge on any atom is -0.394 e. The highest BCUT2D eigenvalue weighted by Gasteiger charge is 2.51. The highest BCUT2D eigenvalue weighted by atomic mass is 32.2. The third kappa shape index (κ3) is 6.35. The lowest BCUT2D eigenvalue weighted by Crippen LogP contribution is -2.58. The van der Waals surface area contributed by atoms with Crippen molar-refractivity contribution in [3.63, 3.8) is 0 Å². The van der Waals surface area contributed by atoms with Gasteiger partial charge in [-0.3, -0.25) is 4.98 Å². The average molecular weight is 686 g/mol. The van der Waals surface area contributed by atoms with E-state index in [4.69, 9.17) is 9.47 Å².